The van der Waals surface area contributed by atoms with Crippen LogP contribution >= 0.6 is 0 Å². The lowest BCUT2D eigenvalue weighted by atomic mass is 9.93. The third-order valence-electron chi connectivity index (χ3n) is 3.14. The molecule has 1 saturated heterocycles. The van der Waals surface area contributed by atoms with Gasteiger partial charge in [0.1, 0.15) is 0 Å². The van der Waals surface area contributed by atoms with E-state index in [1.807, 2.05) is 12.1 Å². The van der Waals surface area contributed by atoms with Crippen LogP contribution in [0.25, 0.3) is 0 Å². The van der Waals surface area contributed by atoms with Gasteiger partial charge in [0.15, 0.2) is 0 Å². The second-order valence-electron chi connectivity index (χ2n) is 5.19. The molecule has 0 aliphatic carbocycles. The number of carboxylic acids is 1. The van der Waals surface area contributed by atoms with Crippen LogP contribution < -0.4 is 4.90 Å². The molecule has 1 aliphatic heterocycles. The molecule has 1 aromatic rings. The number of hydrogen-bond acceptors (Lipinski definition) is 2. The van der Waals surface area contributed by atoms with E-state index in [1.165, 1.54) is 0 Å². The van der Waals surface area contributed by atoms with Gasteiger partial charge in [0.05, 0.1) is 5.56 Å². The second-order valence-corrected chi connectivity index (χ2v) is 5.19. The number of nitrogens with zero attached hydrogens (tertiary/aromatic N) is 1. The number of rotatable bonds is 2. The van der Waals surface area contributed by atoms with E-state index in [-0.39, 0.29) is 0 Å². The van der Waals surface area contributed by atoms with Crippen molar-refractivity contribution in [2.24, 2.45) is 5.41 Å². The first kappa shape index (κ1) is 11.0. The maximum atomic E-state index is 10.9. The summed E-state index contributed by atoms with van der Waals surface area (Å²) in [6.45, 7) is 6.49. The Balaban J connectivity index is 2.22. The van der Waals surface area contributed by atoms with E-state index < -0.39 is 5.97 Å². The first-order chi connectivity index (χ1) is 7.48. The highest BCUT2D eigenvalue weighted by Crippen LogP contribution is 2.32. The zero-order valence-corrected chi connectivity index (χ0v) is 9.73. The van der Waals surface area contributed by atoms with Gasteiger partial charge in [-0.1, -0.05) is 19.9 Å². The monoisotopic (exact) mass is 219 g/mol. The number of anilines is 1. The van der Waals surface area contributed by atoms with Crippen molar-refractivity contribution in [3.05, 3.63) is 29.8 Å². The molecule has 1 aliphatic rings. The van der Waals surface area contributed by atoms with Gasteiger partial charge in [0, 0.05) is 18.8 Å². The molecular weight excluding hydrogens is 202 g/mol. The minimum atomic E-state index is -0.861. The zero-order chi connectivity index (χ0) is 11.8. The topological polar surface area (TPSA) is 40.5 Å². The van der Waals surface area contributed by atoms with Crippen molar-refractivity contribution in [3.8, 4) is 0 Å². The van der Waals surface area contributed by atoms with E-state index in [4.69, 9.17) is 5.11 Å². The molecule has 16 heavy (non-hydrogen) atoms. The summed E-state index contributed by atoms with van der Waals surface area (Å²) >= 11 is 0. The molecule has 0 saturated carbocycles. The molecule has 0 bridgehead atoms. The molecule has 1 aromatic carbocycles. The molecule has 86 valence electrons. The predicted octanol–water partition coefficient (Wildman–Crippen LogP) is 2.62. The maximum absolute atomic E-state index is 10.9. The molecule has 3 heteroatoms. The SMILES string of the molecule is CC1(C)CCN(c2cccc(C(=O)O)c2)C1. The van der Waals surface area contributed by atoms with Gasteiger partial charge in [-0.25, -0.2) is 4.79 Å². The molecule has 1 heterocycles. The van der Waals surface area contributed by atoms with Crippen LogP contribution in [0.3, 0.4) is 0 Å². The van der Waals surface area contributed by atoms with E-state index in [1.54, 1.807) is 12.1 Å². The lowest BCUT2D eigenvalue weighted by molar-refractivity contribution is 0.0697. The third kappa shape index (κ3) is 2.18. The first-order valence-electron chi connectivity index (χ1n) is 5.56. The highest BCUT2D eigenvalue weighted by molar-refractivity contribution is 5.88. The van der Waals surface area contributed by atoms with Crippen LogP contribution in [-0.4, -0.2) is 24.2 Å². The summed E-state index contributed by atoms with van der Waals surface area (Å²) < 4.78 is 0. The molecule has 0 unspecified atom stereocenters. The fraction of sp³-hybridized carbons (Fsp3) is 0.462. The summed E-state index contributed by atoms with van der Waals surface area (Å²) in [6, 6.07) is 7.18. The summed E-state index contributed by atoms with van der Waals surface area (Å²) in [5.74, 6) is -0.861. The van der Waals surface area contributed by atoms with Gasteiger partial charge in [0.2, 0.25) is 0 Å². The quantitative estimate of drug-likeness (QED) is 0.831. The second kappa shape index (κ2) is 3.81. The fourth-order valence-corrected chi connectivity index (χ4v) is 2.17. The molecular formula is C13H17NO2. The van der Waals surface area contributed by atoms with Crippen molar-refractivity contribution in [2.45, 2.75) is 20.3 Å². The predicted molar refractivity (Wildman–Crippen MR) is 64.0 cm³/mol. The summed E-state index contributed by atoms with van der Waals surface area (Å²) in [5.41, 5.74) is 1.71. The first-order valence-corrected chi connectivity index (χ1v) is 5.56. The Morgan fingerprint density at radius 3 is 2.75 bits per heavy atom. The summed E-state index contributed by atoms with van der Waals surface area (Å²) in [4.78, 5) is 13.1. The molecule has 0 aromatic heterocycles. The van der Waals surface area contributed by atoms with Gasteiger partial charge in [0.25, 0.3) is 0 Å². The molecule has 1 fully saturated rings. The van der Waals surface area contributed by atoms with Crippen LogP contribution in [0.5, 0.6) is 0 Å². The lowest BCUT2D eigenvalue weighted by Gasteiger charge is -2.21. The van der Waals surface area contributed by atoms with E-state index >= 15 is 0 Å². The van der Waals surface area contributed by atoms with Crippen molar-refractivity contribution >= 4 is 11.7 Å². The van der Waals surface area contributed by atoms with E-state index in [0.29, 0.717) is 11.0 Å². The molecule has 0 atom stereocenters. The van der Waals surface area contributed by atoms with Crippen molar-refractivity contribution < 1.29 is 9.90 Å². The molecule has 0 spiro atoms. The maximum Gasteiger partial charge on any atom is 0.335 e. The van der Waals surface area contributed by atoms with Gasteiger partial charge < -0.3 is 10.0 Å². The highest BCUT2D eigenvalue weighted by Gasteiger charge is 2.29. The Kier molecular flexibility index (Phi) is 2.62. The standard InChI is InChI=1S/C13H17NO2/c1-13(2)6-7-14(9-13)11-5-3-4-10(8-11)12(15)16/h3-5,8H,6-7,9H2,1-2H3,(H,15,16). The van der Waals surface area contributed by atoms with Gasteiger partial charge in [-0.15, -0.1) is 0 Å². The largest absolute Gasteiger partial charge is 0.478 e. The van der Waals surface area contributed by atoms with Crippen molar-refractivity contribution in [1.29, 1.82) is 0 Å². The number of benzene rings is 1. The van der Waals surface area contributed by atoms with Crippen LogP contribution in [0, 0.1) is 5.41 Å². The smallest absolute Gasteiger partial charge is 0.335 e. The molecule has 0 radical (unpaired) electrons. The summed E-state index contributed by atoms with van der Waals surface area (Å²) in [7, 11) is 0. The molecule has 0 amide bonds. The van der Waals surface area contributed by atoms with Crippen molar-refractivity contribution in [2.75, 3.05) is 18.0 Å². The van der Waals surface area contributed by atoms with Gasteiger partial charge in [-0.05, 0) is 30.0 Å². The molecule has 3 nitrogen and oxygen atoms in total. The Morgan fingerprint density at radius 2 is 2.19 bits per heavy atom. The number of aromatic carboxylic acids is 1. The minimum absolute atomic E-state index is 0.333. The number of hydrogen-bond donors (Lipinski definition) is 1. The zero-order valence-electron chi connectivity index (χ0n) is 9.73. The Labute approximate surface area is 95.7 Å². The average Bonchev–Trinajstić information content (AvgIpc) is 2.59. The van der Waals surface area contributed by atoms with Crippen LogP contribution in [0.4, 0.5) is 5.69 Å². The Bertz CT molecular complexity index is 412. The average molecular weight is 219 g/mol. The third-order valence-corrected chi connectivity index (χ3v) is 3.14. The van der Waals surface area contributed by atoms with Crippen LogP contribution in [0.15, 0.2) is 24.3 Å². The molecule has 2 rings (SSSR count). The van der Waals surface area contributed by atoms with E-state index in [0.717, 1.165) is 25.2 Å². The van der Waals surface area contributed by atoms with Crippen LogP contribution in [-0.2, 0) is 0 Å². The van der Waals surface area contributed by atoms with Crippen molar-refractivity contribution in [1.82, 2.24) is 0 Å². The van der Waals surface area contributed by atoms with E-state index in [9.17, 15) is 4.79 Å². The summed E-state index contributed by atoms with van der Waals surface area (Å²) in [6.07, 6.45) is 1.16. The Hall–Kier alpha value is -1.51. The summed E-state index contributed by atoms with van der Waals surface area (Å²) in [5, 5.41) is 8.94. The van der Waals surface area contributed by atoms with Gasteiger partial charge in [-0.2, -0.15) is 0 Å². The number of carboxylic acid groups (broad SMARTS) is 1. The van der Waals surface area contributed by atoms with Crippen molar-refractivity contribution in [3.63, 3.8) is 0 Å². The lowest BCUT2D eigenvalue weighted by Crippen LogP contribution is -2.22. The van der Waals surface area contributed by atoms with Crippen LogP contribution in [0.2, 0.25) is 0 Å². The normalized spacial score (nSPS) is 18.8. The fourth-order valence-electron chi connectivity index (χ4n) is 2.17. The Morgan fingerprint density at radius 1 is 1.44 bits per heavy atom. The van der Waals surface area contributed by atoms with Gasteiger partial charge in [-0.3, -0.25) is 0 Å². The van der Waals surface area contributed by atoms with Crippen LogP contribution in [0.1, 0.15) is 30.6 Å². The van der Waals surface area contributed by atoms with Gasteiger partial charge >= 0.3 is 5.97 Å². The number of carbonyl (C=O) groups is 1. The minimum Gasteiger partial charge on any atom is -0.478 e. The molecule has 1 N–H and O–H groups in total. The highest BCUT2D eigenvalue weighted by atomic mass is 16.4. The van der Waals surface area contributed by atoms with E-state index in [2.05, 4.69) is 18.7 Å².